The van der Waals surface area contributed by atoms with Gasteiger partial charge in [-0.3, -0.25) is 9.36 Å². The van der Waals surface area contributed by atoms with Gasteiger partial charge >= 0.3 is 5.69 Å². The van der Waals surface area contributed by atoms with Crippen molar-refractivity contribution in [1.82, 2.24) is 24.2 Å². The smallest absolute Gasteiger partial charge is 0.326 e. The van der Waals surface area contributed by atoms with Crippen molar-refractivity contribution in [2.45, 2.75) is 31.4 Å². The summed E-state index contributed by atoms with van der Waals surface area (Å²) < 4.78 is 56.8. The van der Waals surface area contributed by atoms with Gasteiger partial charge in [-0.25, -0.2) is 36.7 Å². The fourth-order valence-electron chi connectivity index (χ4n) is 3.33. The molecule has 0 unspecified atom stereocenters. The Bertz CT molecular complexity index is 1560. The van der Waals surface area contributed by atoms with Crippen LogP contribution in [0.4, 0.5) is 8.78 Å². The number of aromatic amines is 1. The van der Waals surface area contributed by atoms with Crippen LogP contribution in [0.2, 0.25) is 0 Å². The maximum atomic E-state index is 14.8. The normalized spacial score (nSPS) is 11.9. The van der Waals surface area contributed by atoms with E-state index in [2.05, 4.69) is 15.0 Å². The van der Waals surface area contributed by atoms with E-state index >= 15 is 0 Å². The van der Waals surface area contributed by atoms with Gasteiger partial charge in [-0.2, -0.15) is 0 Å². The van der Waals surface area contributed by atoms with Gasteiger partial charge in [0.1, 0.15) is 11.6 Å². The summed E-state index contributed by atoms with van der Waals surface area (Å²) in [7, 11) is -4.46. The number of aliphatic hydroxyl groups excluding tert-OH is 1. The first-order valence-electron chi connectivity index (χ1n) is 9.66. The quantitative estimate of drug-likeness (QED) is 0.379. The van der Waals surface area contributed by atoms with Gasteiger partial charge in [-0.05, 0) is 24.3 Å². The van der Waals surface area contributed by atoms with E-state index < -0.39 is 50.3 Å². The number of imidazole rings is 1. The number of H-pyrrole nitrogens is 1. The summed E-state index contributed by atoms with van der Waals surface area (Å²) in [5.41, 5.74) is -0.0698. The third-order valence-corrected chi connectivity index (χ3v) is 6.34. The lowest BCUT2D eigenvalue weighted by atomic mass is 10.2. The number of carbonyl (C=O) groups excluding carboxylic acids is 1. The Kier molecular flexibility index (Phi) is 5.68. The zero-order chi connectivity index (χ0) is 23.9. The van der Waals surface area contributed by atoms with Crippen LogP contribution in [-0.4, -0.2) is 39.0 Å². The number of hydrogen-bond acceptors (Lipinski definition) is 7. The highest BCUT2D eigenvalue weighted by molar-refractivity contribution is 7.90. The fraction of sp³-hybridized carbons (Fsp3) is 0.200. The van der Waals surface area contributed by atoms with E-state index in [9.17, 15) is 31.9 Å². The lowest BCUT2D eigenvalue weighted by molar-refractivity contribution is -0.119. The highest BCUT2D eigenvalue weighted by atomic mass is 32.2. The number of benzene rings is 1. The second kappa shape index (κ2) is 8.33. The van der Waals surface area contributed by atoms with Crippen LogP contribution in [0.1, 0.15) is 24.6 Å². The van der Waals surface area contributed by atoms with Crippen LogP contribution in [0.5, 0.6) is 0 Å². The molecule has 0 aliphatic carbocycles. The number of fused-ring (bicyclic) bond motifs is 3. The van der Waals surface area contributed by atoms with Gasteiger partial charge in [0, 0.05) is 17.4 Å². The number of sulfonamides is 1. The molecule has 0 fully saturated rings. The molecule has 0 saturated carbocycles. The van der Waals surface area contributed by atoms with Gasteiger partial charge in [-0.15, -0.1) is 0 Å². The van der Waals surface area contributed by atoms with Crippen molar-refractivity contribution < 1.29 is 27.1 Å². The number of nitrogens with zero attached hydrogens (tertiary/aromatic N) is 3. The molecule has 0 bridgehead atoms. The predicted octanol–water partition coefficient (Wildman–Crippen LogP) is 1.31. The van der Waals surface area contributed by atoms with E-state index in [1.165, 1.54) is 19.2 Å². The second-order valence-electron chi connectivity index (χ2n) is 7.12. The van der Waals surface area contributed by atoms with Gasteiger partial charge < -0.3 is 10.1 Å². The molecule has 1 aromatic carbocycles. The molecule has 0 saturated heterocycles. The van der Waals surface area contributed by atoms with Crippen LogP contribution < -0.4 is 10.4 Å². The number of nitrogens with one attached hydrogen (secondary N) is 2. The highest BCUT2D eigenvalue weighted by Crippen LogP contribution is 2.24. The van der Waals surface area contributed by atoms with Crippen molar-refractivity contribution in [3.05, 3.63) is 63.8 Å². The van der Waals surface area contributed by atoms with E-state index in [0.29, 0.717) is 28.7 Å². The number of halogens is 2. The monoisotopic (exact) mass is 477 g/mol. The molecule has 0 spiro atoms. The van der Waals surface area contributed by atoms with E-state index in [0.717, 1.165) is 4.57 Å². The molecule has 33 heavy (non-hydrogen) atoms. The number of aromatic nitrogens is 4. The molecule has 10 nitrogen and oxygen atoms in total. The summed E-state index contributed by atoms with van der Waals surface area (Å²) >= 11 is 0. The van der Waals surface area contributed by atoms with Crippen molar-refractivity contribution in [1.29, 1.82) is 0 Å². The van der Waals surface area contributed by atoms with Crippen LogP contribution in [0, 0.1) is 11.6 Å². The summed E-state index contributed by atoms with van der Waals surface area (Å²) in [5.74, 6) is -3.25. The number of hydrogen-bond donors (Lipinski definition) is 3. The van der Waals surface area contributed by atoms with Crippen LogP contribution in [0.3, 0.4) is 0 Å². The summed E-state index contributed by atoms with van der Waals surface area (Å²) in [6, 6.07) is 4.26. The second-order valence-corrected chi connectivity index (χ2v) is 8.80. The Morgan fingerprint density at radius 1 is 1.24 bits per heavy atom. The number of aliphatic hydroxyl groups is 1. The first kappa shape index (κ1) is 22.5. The molecule has 0 aliphatic heterocycles. The average Bonchev–Trinajstić information content (AvgIpc) is 3.10. The van der Waals surface area contributed by atoms with Gasteiger partial charge in [0.25, 0.3) is 10.0 Å². The third kappa shape index (κ3) is 4.07. The minimum absolute atomic E-state index is 0.136. The van der Waals surface area contributed by atoms with E-state index in [1.54, 1.807) is 10.8 Å². The highest BCUT2D eigenvalue weighted by Gasteiger charge is 2.23. The first-order valence-corrected chi connectivity index (χ1v) is 11.1. The molecule has 3 aromatic heterocycles. The van der Waals surface area contributed by atoms with Crippen LogP contribution in [0.15, 0.2) is 40.2 Å². The fourth-order valence-corrected chi connectivity index (χ4v) is 4.41. The Morgan fingerprint density at radius 2 is 1.94 bits per heavy atom. The van der Waals surface area contributed by atoms with Gasteiger partial charge in [-0.1, -0.05) is 6.92 Å². The predicted molar refractivity (Wildman–Crippen MR) is 113 cm³/mol. The maximum absolute atomic E-state index is 14.8. The van der Waals surface area contributed by atoms with Crippen molar-refractivity contribution in [3.63, 3.8) is 0 Å². The maximum Gasteiger partial charge on any atom is 0.326 e. The largest absolute Gasteiger partial charge is 0.390 e. The summed E-state index contributed by atoms with van der Waals surface area (Å²) in [6.07, 6.45) is 1.20. The molecule has 0 aliphatic rings. The molecular formula is C20H17F2N5O5S. The molecule has 0 radical (unpaired) electrons. The molecule has 3 heterocycles. The minimum atomic E-state index is -4.46. The Labute approximate surface area is 185 Å². The van der Waals surface area contributed by atoms with Gasteiger partial charge in [0.15, 0.2) is 5.65 Å². The molecule has 172 valence electrons. The van der Waals surface area contributed by atoms with Crippen LogP contribution in [-0.2, 0) is 28.0 Å². The Morgan fingerprint density at radius 3 is 2.58 bits per heavy atom. The Hall–Kier alpha value is -3.71. The lowest BCUT2D eigenvalue weighted by Crippen LogP contribution is -2.30. The number of rotatable bonds is 6. The average molecular weight is 477 g/mol. The Balaban J connectivity index is 1.82. The molecule has 0 atom stereocenters. The topological polar surface area (TPSA) is 147 Å². The van der Waals surface area contributed by atoms with Gasteiger partial charge in [0.2, 0.25) is 5.91 Å². The zero-order valence-corrected chi connectivity index (χ0v) is 17.9. The SMILES string of the molecule is CCC(=O)NS(=O)(=O)c1cc(F)c(Cn2c(=O)[nH]c3cnc4nc(CO)ccc4c32)c(F)c1. The summed E-state index contributed by atoms with van der Waals surface area (Å²) in [6.45, 7) is 0.548. The van der Waals surface area contributed by atoms with Crippen molar-refractivity contribution in [2.75, 3.05) is 0 Å². The van der Waals surface area contributed by atoms with Crippen molar-refractivity contribution in [2.24, 2.45) is 0 Å². The van der Waals surface area contributed by atoms with Crippen LogP contribution >= 0.6 is 0 Å². The molecule has 4 aromatic rings. The number of pyridine rings is 2. The number of carbonyl (C=O) groups is 1. The van der Waals surface area contributed by atoms with Crippen molar-refractivity contribution in [3.8, 4) is 0 Å². The summed E-state index contributed by atoms with van der Waals surface area (Å²) in [5, 5.41) is 9.67. The van der Waals surface area contributed by atoms with Crippen LogP contribution in [0.25, 0.3) is 22.1 Å². The molecule has 3 N–H and O–H groups in total. The van der Waals surface area contributed by atoms with E-state index in [-0.39, 0.29) is 24.2 Å². The molecule has 4 rings (SSSR count). The number of amides is 1. The molecular weight excluding hydrogens is 460 g/mol. The first-order chi connectivity index (χ1) is 15.6. The van der Waals surface area contributed by atoms with Crippen molar-refractivity contribution >= 4 is 38.0 Å². The van der Waals surface area contributed by atoms with E-state index in [1.807, 2.05) is 0 Å². The summed E-state index contributed by atoms with van der Waals surface area (Å²) in [4.78, 5) is 34.0. The minimum Gasteiger partial charge on any atom is -0.390 e. The lowest BCUT2D eigenvalue weighted by Gasteiger charge is -2.11. The molecule has 13 heteroatoms. The zero-order valence-electron chi connectivity index (χ0n) is 17.1. The van der Waals surface area contributed by atoms with Gasteiger partial charge in [0.05, 0.1) is 41.0 Å². The molecule has 1 amide bonds. The standard InChI is InChI=1S/C20H17F2N5O5S/c1-2-17(29)26-33(31,32)11-5-14(21)13(15(22)6-11)8-27-18-12-4-3-10(9-28)24-19(12)23-7-16(18)25-20(27)30/h3-7,28H,2,8-9H2,1H3,(H,25,30)(H,26,29). The third-order valence-electron chi connectivity index (χ3n) is 4.99. The van der Waals surface area contributed by atoms with E-state index in [4.69, 9.17) is 0 Å².